The van der Waals surface area contributed by atoms with Gasteiger partial charge in [-0.3, -0.25) is 4.79 Å². The summed E-state index contributed by atoms with van der Waals surface area (Å²) in [6.07, 6.45) is -1.21. The van der Waals surface area contributed by atoms with Crippen molar-refractivity contribution in [3.63, 3.8) is 0 Å². The summed E-state index contributed by atoms with van der Waals surface area (Å²) in [7, 11) is 0. The van der Waals surface area contributed by atoms with E-state index in [2.05, 4.69) is 14.8 Å². The Morgan fingerprint density at radius 1 is 1.19 bits per heavy atom. The molecule has 2 heterocycles. The Kier molecular flexibility index (Phi) is 4.61. The first kappa shape index (κ1) is 17.5. The van der Waals surface area contributed by atoms with E-state index in [4.69, 9.17) is 9.15 Å². The largest absolute Gasteiger partial charge is 0.586 e. The molecular weight excluding hydrogens is 352 g/mol. The number of ether oxygens (including phenoxy) is 3. The molecule has 136 valence electrons. The van der Waals surface area contributed by atoms with E-state index in [1.807, 2.05) is 0 Å². The molecule has 2 aromatic rings. The van der Waals surface area contributed by atoms with Crippen LogP contribution < -0.4 is 14.8 Å². The molecule has 1 aromatic heterocycles. The summed E-state index contributed by atoms with van der Waals surface area (Å²) in [5.74, 6) is -0.565. The number of fused-ring (bicyclic) bond motifs is 1. The van der Waals surface area contributed by atoms with Crippen molar-refractivity contribution < 1.29 is 37.0 Å². The minimum absolute atomic E-state index is 0.141. The standard InChI is InChI=1S/C17H13F2NO6/c1-10-2-4-12(24-10)5-7-16(22)23-9-15(21)20-11-3-6-13-14(8-11)26-17(18,19)25-13/h2-8H,9H2,1H3,(H,20,21)/b7-5+. The SMILES string of the molecule is Cc1ccc(/C=C/C(=O)OCC(=O)Nc2ccc3c(c2)OC(F)(F)O3)o1. The number of furan rings is 1. The van der Waals surface area contributed by atoms with Crippen molar-refractivity contribution in [1.29, 1.82) is 0 Å². The van der Waals surface area contributed by atoms with Gasteiger partial charge in [-0.15, -0.1) is 8.78 Å². The third-order valence-corrected chi connectivity index (χ3v) is 3.18. The Hall–Kier alpha value is -3.36. The molecule has 0 saturated heterocycles. The molecule has 0 unspecified atom stereocenters. The predicted molar refractivity (Wildman–Crippen MR) is 84.7 cm³/mol. The monoisotopic (exact) mass is 365 g/mol. The maximum absolute atomic E-state index is 12.9. The summed E-state index contributed by atoms with van der Waals surface area (Å²) >= 11 is 0. The van der Waals surface area contributed by atoms with Crippen LogP contribution in [0.15, 0.2) is 40.8 Å². The highest BCUT2D eigenvalue weighted by molar-refractivity contribution is 5.94. The molecule has 3 rings (SSSR count). The van der Waals surface area contributed by atoms with Gasteiger partial charge in [0, 0.05) is 17.8 Å². The Bertz CT molecular complexity index is 874. The van der Waals surface area contributed by atoms with Gasteiger partial charge in [0.1, 0.15) is 11.5 Å². The number of amides is 1. The Balaban J connectivity index is 1.49. The van der Waals surface area contributed by atoms with Crippen LogP contribution in [0.2, 0.25) is 0 Å². The molecule has 7 nitrogen and oxygen atoms in total. The van der Waals surface area contributed by atoms with Crippen molar-refractivity contribution in [3.05, 3.63) is 47.9 Å². The summed E-state index contributed by atoms with van der Waals surface area (Å²) in [6.45, 7) is 1.21. The zero-order chi connectivity index (χ0) is 18.7. The van der Waals surface area contributed by atoms with Crippen LogP contribution in [0.5, 0.6) is 11.5 Å². The topological polar surface area (TPSA) is 87.0 Å². The Morgan fingerprint density at radius 2 is 1.96 bits per heavy atom. The lowest BCUT2D eigenvalue weighted by molar-refractivity contribution is -0.286. The highest BCUT2D eigenvalue weighted by atomic mass is 19.3. The number of carbonyl (C=O) groups excluding carboxylic acids is 2. The molecule has 0 saturated carbocycles. The van der Waals surface area contributed by atoms with Crippen molar-refractivity contribution in [3.8, 4) is 11.5 Å². The van der Waals surface area contributed by atoms with Gasteiger partial charge in [-0.25, -0.2) is 4.79 Å². The maximum Gasteiger partial charge on any atom is 0.586 e. The fourth-order valence-corrected chi connectivity index (χ4v) is 2.10. The number of hydrogen-bond donors (Lipinski definition) is 1. The highest BCUT2D eigenvalue weighted by Crippen LogP contribution is 2.42. The molecular formula is C17H13F2NO6. The van der Waals surface area contributed by atoms with E-state index in [1.54, 1.807) is 19.1 Å². The molecule has 0 fully saturated rings. The van der Waals surface area contributed by atoms with Gasteiger partial charge >= 0.3 is 12.3 Å². The number of benzene rings is 1. The number of rotatable bonds is 5. The van der Waals surface area contributed by atoms with Crippen LogP contribution in [0.3, 0.4) is 0 Å². The molecule has 26 heavy (non-hydrogen) atoms. The predicted octanol–water partition coefficient (Wildman–Crippen LogP) is 3.10. The zero-order valence-electron chi connectivity index (χ0n) is 13.5. The van der Waals surface area contributed by atoms with Crippen LogP contribution in [0.25, 0.3) is 6.08 Å². The average molecular weight is 365 g/mol. The van der Waals surface area contributed by atoms with Crippen LogP contribution in [0.1, 0.15) is 11.5 Å². The van der Waals surface area contributed by atoms with Gasteiger partial charge in [0.05, 0.1) is 0 Å². The van der Waals surface area contributed by atoms with Crippen LogP contribution in [0, 0.1) is 6.92 Å². The third-order valence-electron chi connectivity index (χ3n) is 3.18. The smallest absolute Gasteiger partial charge is 0.462 e. The number of anilines is 1. The van der Waals surface area contributed by atoms with Crippen molar-refractivity contribution in [2.24, 2.45) is 0 Å². The summed E-state index contributed by atoms with van der Waals surface area (Å²) in [5, 5.41) is 2.39. The van der Waals surface area contributed by atoms with Gasteiger partial charge in [-0.2, -0.15) is 0 Å². The number of halogens is 2. The van der Waals surface area contributed by atoms with Gasteiger partial charge in [-0.1, -0.05) is 0 Å². The number of alkyl halides is 2. The molecule has 1 aliphatic heterocycles. The first-order chi connectivity index (χ1) is 12.3. The minimum Gasteiger partial charge on any atom is -0.462 e. The number of esters is 1. The molecule has 0 radical (unpaired) electrons. The molecule has 9 heteroatoms. The summed E-state index contributed by atoms with van der Waals surface area (Å²) in [5.41, 5.74) is 0.188. The van der Waals surface area contributed by atoms with Crippen LogP contribution in [-0.2, 0) is 14.3 Å². The fraction of sp³-hybridized carbons (Fsp3) is 0.176. The Morgan fingerprint density at radius 3 is 2.69 bits per heavy atom. The van der Waals surface area contributed by atoms with Gasteiger partial charge in [0.2, 0.25) is 0 Å². The van der Waals surface area contributed by atoms with Gasteiger partial charge < -0.3 is 23.9 Å². The third kappa shape index (κ3) is 4.38. The van der Waals surface area contributed by atoms with E-state index in [9.17, 15) is 18.4 Å². The molecule has 1 aliphatic rings. The second-order valence-electron chi connectivity index (χ2n) is 5.27. The first-order valence-corrected chi connectivity index (χ1v) is 7.42. The summed E-state index contributed by atoms with van der Waals surface area (Å²) in [6, 6.07) is 7.16. The van der Waals surface area contributed by atoms with Crippen molar-refractivity contribution in [2.75, 3.05) is 11.9 Å². The van der Waals surface area contributed by atoms with E-state index in [-0.39, 0.29) is 17.2 Å². The van der Waals surface area contributed by atoms with Gasteiger partial charge in [0.25, 0.3) is 5.91 Å². The molecule has 0 bridgehead atoms. The molecule has 0 atom stereocenters. The zero-order valence-corrected chi connectivity index (χ0v) is 13.5. The number of hydrogen-bond acceptors (Lipinski definition) is 6. The fourth-order valence-electron chi connectivity index (χ4n) is 2.10. The maximum atomic E-state index is 12.9. The number of carbonyl (C=O) groups is 2. The highest BCUT2D eigenvalue weighted by Gasteiger charge is 2.43. The second kappa shape index (κ2) is 6.87. The van der Waals surface area contributed by atoms with E-state index in [0.29, 0.717) is 11.5 Å². The quantitative estimate of drug-likeness (QED) is 0.647. The molecule has 1 N–H and O–H groups in total. The second-order valence-corrected chi connectivity index (χ2v) is 5.27. The lowest BCUT2D eigenvalue weighted by Crippen LogP contribution is -2.25. The van der Waals surface area contributed by atoms with E-state index < -0.39 is 24.8 Å². The van der Waals surface area contributed by atoms with Gasteiger partial charge in [0.15, 0.2) is 18.1 Å². The first-order valence-electron chi connectivity index (χ1n) is 7.42. The van der Waals surface area contributed by atoms with E-state index in [1.165, 1.54) is 24.3 Å². The minimum atomic E-state index is -3.74. The van der Waals surface area contributed by atoms with Crippen molar-refractivity contribution in [1.82, 2.24) is 0 Å². The number of nitrogens with one attached hydrogen (secondary N) is 1. The van der Waals surface area contributed by atoms with Crippen LogP contribution in [-0.4, -0.2) is 24.8 Å². The van der Waals surface area contributed by atoms with Gasteiger partial charge in [-0.05, 0) is 37.3 Å². The normalized spacial score (nSPS) is 14.4. The van der Waals surface area contributed by atoms with E-state index >= 15 is 0 Å². The molecule has 1 aromatic carbocycles. The average Bonchev–Trinajstić information content (AvgIpc) is 3.11. The molecule has 0 spiro atoms. The Labute approximate surface area is 146 Å². The molecule has 0 aliphatic carbocycles. The summed E-state index contributed by atoms with van der Waals surface area (Å²) < 4.78 is 44.4. The van der Waals surface area contributed by atoms with Crippen molar-refractivity contribution in [2.45, 2.75) is 13.2 Å². The lowest BCUT2D eigenvalue weighted by atomic mass is 10.3. The number of aryl methyl sites for hydroxylation is 1. The summed E-state index contributed by atoms with van der Waals surface area (Å²) in [4.78, 5) is 23.3. The molecule has 1 amide bonds. The van der Waals surface area contributed by atoms with Crippen LogP contribution in [0.4, 0.5) is 14.5 Å². The van der Waals surface area contributed by atoms with E-state index in [0.717, 1.165) is 6.08 Å². The lowest BCUT2D eigenvalue weighted by Gasteiger charge is -2.06. The van der Waals surface area contributed by atoms with Crippen molar-refractivity contribution >= 4 is 23.6 Å². The van der Waals surface area contributed by atoms with Crippen LogP contribution >= 0.6 is 0 Å².